The largest absolute Gasteiger partial charge is 0.459 e. The zero-order chi connectivity index (χ0) is 12.3. The van der Waals surface area contributed by atoms with Crippen LogP contribution in [0.15, 0.2) is 0 Å². The van der Waals surface area contributed by atoms with Gasteiger partial charge in [-0.1, -0.05) is 0 Å². The lowest BCUT2D eigenvalue weighted by Gasteiger charge is -2.30. The average Bonchev–Trinajstić information content (AvgIpc) is 2.22. The number of amides is 3. The van der Waals surface area contributed by atoms with Gasteiger partial charge >= 0.3 is 11.9 Å². The van der Waals surface area contributed by atoms with Gasteiger partial charge in [-0.15, -0.1) is 0 Å². The standard InChI is InChI=1S/C9H12N2O5/c1-3-16-9(15)8(14)11-4-6(12)10-7(13)5(11)2/h5H,3-4H2,1-2H3,(H,10,12,13). The summed E-state index contributed by atoms with van der Waals surface area (Å²) in [6, 6.07) is -0.852. The average molecular weight is 228 g/mol. The third-order valence-electron chi connectivity index (χ3n) is 2.13. The molecule has 1 heterocycles. The Labute approximate surface area is 91.7 Å². The Morgan fingerprint density at radius 1 is 1.50 bits per heavy atom. The zero-order valence-electron chi connectivity index (χ0n) is 8.98. The predicted molar refractivity (Wildman–Crippen MR) is 51.0 cm³/mol. The van der Waals surface area contributed by atoms with Gasteiger partial charge in [0.25, 0.3) is 0 Å². The van der Waals surface area contributed by atoms with Gasteiger partial charge in [-0.3, -0.25) is 19.7 Å². The van der Waals surface area contributed by atoms with Crippen molar-refractivity contribution in [1.82, 2.24) is 10.2 Å². The molecule has 1 saturated heterocycles. The molecular formula is C9H12N2O5. The van der Waals surface area contributed by atoms with E-state index in [-0.39, 0.29) is 13.2 Å². The fraction of sp³-hybridized carbons (Fsp3) is 0.556. The molecule has 0 aromatic carbocycles. The van der Waals surface area contributed by atoms with Crippen molar-refractivity contribution >= 4 is 23.7 Å². The van der Waals surface area contributed by atoms with Gasteiger partial charge in [-0.05, 0) is 13.8 Å². The number of hydrogen-bond donors (Lipinski definition) is 1. The molecule has 7 nitrogen and oxygen atoms in total. The van der Waals surface area contributed by atoms with E-state index in [2.05, 4.69) is 10.1 Å². The minimum absolute atomic E-state index is 0.0624. The normalized spacial score (nSPS) is 20.4. The number of imide groups is 1. The Balaban J connectivity index is 2.77. The maximum absolute atomic E-state index is 11.5. The van der Waals surface area contributed by atoms with E-state index < -0.39 is 29.7 Å². The van der Waals surface area contributed by atoms with Gasteiger partial charge < -0.3 is 9.64 Å². The highest BCUT2D eigenvalue weighted by Gasteiger charge is 2.36. The molecule has 1 N–H and O–H groups in total. The van der Waals surface area contributed by atoms with Crippen LogP contribution < -0.4 is 5.32 Å². The van der Waals surface area contributed by atoms with Crippen LogP contribution in [-0.2, 0) is 23.9 Å². The maximum Gasteiger partial charge on any atom is 0.397 e. The summed E-state index contributed by atoms with van der Waals surface area (Å²) in [6.45, 7) is 2.74. The molecule has 1 unspecified atom stereocenters. The highest BCUT2D eigenvalue weighted by molar-refractivity contribution is 6.33. The number of piperazine rings is 1. The molecule has 0 saturated carbocycles. The summed E-state index contributed by atoms with van der Waals surface area (Å²) in [6.07, 6.45) is 0. The lowest BCUT2D eigenvalue weighted by atomic mass is 10.2. The molecule has 1 rings (SSSR count). The van der Waals surface area contributed by atoms with Crippen molar-refractivity contribution < 1.29 is 23.9 Å². The topological polar surface area (TPSA) is 92.8 Å². The summed E-state index contributed by atoms with van der Waals surface area (Å²) in [5, 5.41) is 2.06. The molecule has 1 aliphatic rings. The van der Waals surface area contributed by atoms with Crippen molar-refractivity contribution in [1.29, 1.82) is 0 Å². The second kappa shape index (κ2) is 4.73. The van der Waals surface area contributed by atoms with Crippen molar-refractivity contribution in [3.63, 3.8) is 0 Å². The number of nitrogens with one attached hydrogen (secondary N) is 1. The lowest BCUT2D eigenvalue weighted by molar-refractivity contribution is -0.164. The molecule has 1 aliphatic heterocycles. The third-order valence-corrected chi connectivity index (χ3v) is 2.13. The molecule has 0 radical (unpaired) electrons. The van der Waals surface area contributed by atoms with Crippen molar-refractivity contribution in [3.05, 3.63) is 0 Å². The molecule has 0 aliphatic carbocycles. The molecular weight excluding hydrogens is 216 g/mol. The summed E-state index contributed by atoms with van der Waals surface area (Å²) in [4.78, 5) is 45.8. The van der Waals surface area contributed by atoms with Gasteiger partial charge in [0.05, 0.1) is 6.61 Å². The van der Waals surface area contributed by atoms with Crippen LogP contribution in [0.2, 0.25) is 0 Å². The number of carbonyl (C=O) groups is 4. The Bertz CT molecular complexity index is 352. The first-order valence-corrected chi connectivity index (χ1v) is 4.78. The minimum Gasteiger partial charge on any atom is -0.459 e. The Morgan fingerprint density at radius 3 is 2.69 bits per heavy atom. The van der Waals surface area contributed by atoms with Gasteiger partial charge in [0.2, 0.25) is 11.8 Å². The SMILES string of the molecule is CCOC(=O)C(=O)N1CC(=O)NC(=O)C1C. The molecule has 0 bridgehead atoms. The van der Waals surface area contributed by atoms with Gasteiger partial charge in [0.1, 0.15) is 12.6 Å². The molecule has 0 spiro atoms. The van der Waals surface area contributed by atoms with E-state index in [9.17, 15) is 19.2 Å². The molecule has 0 aromatic rings. The number of rotatable bonds is 1. The summed E-state index contributed by atoms with van der Waals surface area (Å²) >= 11 is 0. The van der Waals surface area contributed by atoms with Crippen LogP contribution in [0, 0.1) is 0 Å². The van der Waals surface area contributed by atoms with Crippen molar-refractivity contribution in [3.8, 4) is 0 Å². The third kappa shape index (κ3) is 2.36. The van der Waals surface area contributed by atoms with E-state index in [1.165, 1.54) is 6.92 Å². The monoisotopic (exact) mass is 228 g/mol. The fourth-order valence-corrected chi connectivity index (χ4v) is 1.27. The highest BCUT2D eigenvalue weighted by atomic mass is 16.5. The first-order chi connectivity index (χ1) is 7.47. The number of esters is 1. The second-order valence-corrected chi connectivity index (χ2v) is 3.24. The fourth-order valence-electron chi connectivity index (χ4n) is 1.27. The summed E-state index contributed by atoms with van der Waals surface area (Å²) in [5.41, 5.74) is 0. The van der Waals surface area contributed by atoms with Crippen molar-refractivity contribution in [2.75, 3.05) is 13.2 Å². The van der Waals surface area contributed by atoms with E-state index in [1.807, 2.05) is 0 Å². The van der Waals surface area contributed by atoms with Gasteiger partial charge in [-0.25, -0.2) is 4.79 Å². The van der Waals surface area contributed by atoms with E-state index >= 15 is 0 Å². The molecule has 7 heteroatoms. The molecule has 1 atom stereocenters. The van der Waals surface area contributed by atoms with E-state index in [0.717, 1.165) is 4.90 Å². The number of hydrogen-bond acceptors (Lipinski definition) is 5. The molecule has 88 valence electrons. The molecule has 3 amide bonds. The van der Waals surface area contributed by atoms with Crippen molar-refractivity contribution in [2.45, 2.75) is 19.9 Å². The first kappa shape index (κ1) is 12.2. The van der Waals surface area contributed by atoms with E-state index in [0.29, 0.717) is 0 Å². The van der Waals surface area contributed by atoms with Gasteiger partial charge in [0, 0.05) is 0 Å². The quantitative estimate of drug-likeness (QED) is 0.332. The van der Waals surface area contributed by atoms with Crippen LogP contribution in [-0.4, -0.2) is 47.8 Å². The smallest absolute Gasteiger partial charge is 0.397 e. The van der Waals surface area contributed by atoms with Crippen LogP contribution in [0.3, 0.4) is 0 Å². The predicted octanol–water partition coefficient (Wildman–Crippen LogP) is -1.58. The maximum atomic E-state index is 11.5. The summed E-state index contributed by atoms with van der Waals surface area (Å²) in [7, 11) is 0. The Kier molecular flexibility index (Phi) is 3.60. The van der Waals surface area contributed by atoms with Gasteiger partial charge in [-0.2, -0.15) is 0 Å². The van der Waals surface area contributed by atoms with Crippen LogP contribution in [0.4, 0.5) is 0 Å². The molecule has 16 heavy (non-hydrogen) atoms. The zero-order valence-corrected chi connectivity index (χ0v) is 8.98. The van der Waals surface area contributed by atoms with Crippen LogP contribution in [0.5, 0.6) is 0 Å². The minimum atomic E-state index is -1.06. The number of nitrogens with zero attached hydrogens (tertiary/aromatic N) is 1. The van der Waals surface area contributed by atoms with Crippen LogP contribution >= 0.6 is 0 Å². The highest BCUT2D eigenvalue weighted by Crippen LogP contribution is 2.05. The summed E-state index contributed by atoms with van der Waals surface area (Å²) < 4.78 is 4.50. The number of carbonyl (C=O) groups excluding carboxylic acids is 4. The lowest BCUT2D eigenvalue weighted by Crippen LogP contribution is -2.60. The van der Waals surface area contributed by atoms with Gasteiger partial charge in [0.15, 0.2) is 0 Å². The van der Waals surface area contributed by atoms with Crippen LogP contribution in [0.25, 0.3) is 0 Å². The molecule has 0 aromatic heterocycles. The first-order valence-electron chi connectivity index (χ1n) is 4.78. The van der Waals surface area contributed by atoms with E-state index in [4.69, 9.17) is 0 Å². The van der Waals surface area contributed by atoms with E-state index in [1.54, 1.807) is 6.92 Å². The number of ether oxygens (including phenoxy) is 1. The Morgan fingerprint density at radius 2 is 2.12 bits per heavy atom. The summed E-state index contributed by atoms with van der Waals surface area (Å²) in [5.74, 6) is -3.25. The second-order valence-electron chi connectivity index (χ2n) is 3.24. The van der Waals surface area contributed by atoms with Crippen molar-refractivity contribution in [2.24, 2.45) is 0 Å². The Hall–Kier alpha value is -1.92. The molecule has 1 fully saturated rings. The van der Waals surface area contributed by atoms with Crippen LogP contribution in [0.1, 0.15) is 13.8 Å².